The van der Waals surface area contributed by atoms with Gasteiger partial charge in [0.05, 0.1) is 12.7 Å². The second kappa shape index (κ2) is 7.60. The van der Waals surface area contributed by atoms with Gasteiger partial charge in [-0.1, -0.05) is 33.6 Å². The van der Waals surface area contributed by atoms with Crippen LogP contribution in [0.1, 0.15) is 53.4 Å². The lowest BCUT2D eigenvalue weighted by atomic mass is 10.0. The highest BCUT2D eigenvalue weighted by Crippen LogP contribution is 2.10. The molecule has 0 aliphatic rings. The van der Waals surface area contributed by atoms with Gasteiger partial charge in [0.1, 0.15) is 0 Å². The van der Waals surface area contributed by atoms with E-state index in [4.69, 9.17) is 4.74 Å². The van der Waals surface area contributed by atoms with E-state index in [1.807, 2.05) is 6.61 Å². The monoisotopic (exact) mass is 171 g/mol. The predicted molar refractivity (Wildman–Crippen MR) is 53.8 cm³/mol. The van der Waals surface area contributed by atoms with Crippen molar-refractivity contribution in [3.63, 3.8) is 0 Å². The summed E-state index contributed by atoms with van der Waals surface area (Å²) in [6.45, 7) is 10.7. The lowest BCUT2D eigenvalue weighted by Gasteiger charge is -2.12. The first kappa shape index (κ1) is 12.0. The molecule has 1 heteroatoms. The van der Waals surface area contributed by atoms with Gasteiger partial charge in [-0.15, -0.1) is 0 Å². The molecule has 0 saturated carbocycles. The zero-order chi connectivity index (χ0) is 9.40. The van der Waals surface area contributed by atoms with Gasteiger partial charge in [0.25, 0.3) is 0 Å². The standard InChI is InChI=1S/C11H23O/c1-5-9-12-11(4)8-6-7-10(2)3/h9-11H,5-8H2,1-4H3. The lowest BCUT2D eigenvalue weighted by Crippen LogP contribution is -2.06. The van der Waals surface area contributed by atoms with Crippen LogP contribution in [0.15, 0.2) is 0 Å². The average Bonchev–Trinajstić information content (AvgIpc) is 2.00. The Morgan fingerprint density at radius 1 is 1.17 bits per heavy atom. The van der Waals surface area contributed by atoms with E-state index < -0.39 is 0 Å². The Hall–Kier alpha value is -0.0400. The largest absolute Gasteiger partial charge is 0.373 e. The van der Waals surface area contributed by atoms with E-state index in [2.05, 4.69) is 27.7 Å². The van der Waals surface area contributed by atoms with E-state index in [0.717, 1.165) is 12.3 Å². The third kappa shape index (κ3) is 8.06. The number of ether oxygens (including phenoxy) is 1. The zero-order valence-electron chi connectivity index (χ0n) is 8.97. The molecule has 1 atom stereocenters. The van der Waals surface area contributed by atoms with Gasteiger partial charge in [-0.3, -0.25) is 0 Å². The molecule has 1 unspecified atom stereocenters. The molecule has 0 rings (SSSR count). The molecule has 0 amide bonds. The van der Waals surface area contributed by atoms with E-state index in [0.29, 0.717) is 6.10 Å². The summed E-state index contributed by atoms with van der Waals surface area (Å²) in [6, 6.07) is 0. The Morgan fingerprint density at radius 2 is 1.83 bits per heavy atom. The second-order valence-corrected chi connectivity index (χ2v) is 3.85. The van der Waals surface area contributed by atoms with E-state index in [1.54, 1.807) is 0 Å². The molecule has 0 fully saturated rings. The van der Waals surface area contributed by atoms with Gasteiger partial charge < -0.3 is 4.74 Å². The van der Waals surface area contributed by atoms with Crippen LogP contribution < -0.4 is 0 Å². The summed E-state index contributed by atoms with van der Waals surface area (Å²) in [5.74, 6) is 0.826. The molecule has 0 aliphatic heterocycles. The number of rotatable bonds is 7. The molecule has 0 saturated heterocycles. The third-order valence-corrected chi connectivity index (χ3v) is 1.89. The van der Waals surface area contributed by atoms with Gasteiger partial charge in [-0.2, -0.15) is 0 Å². The molecule has 0 bridgehead atoms. The summed E-state index contributed by atoms with van der Waals surface area (Å²) in [4.78, 5) is 0. The van der Waals surface area contributed by atoms with Crippen LogP contribution in [-0.4, -0.2) is 6.10 Å². The summed E-state index contributed by atoms with van der Waals surface area (Å²) >= 11 is 0. The van der Waals surface area contributed by atoms with Crippen LogP contribution in [0.2, 0.25) is 0 Å². The minimum Gasteiger partial charge on any atom is -0.373 e. The summed E-state index contributed by atoms with van der Waals surface area (Å²) in [6.07, 6.45) is 5.21. The first-order chi connectivity index (χ1) is 5.66. The molecule has 73 valence electrons. The Kier molecular flexibility index (Phi) is 7.58. The average molecular weight is 171 g/mol. The van der Waals surface area contributed by atoms with Crippen molar-refractivity contribution in [2.75, 3.05) is 0 Å². The van der Waals surface area contributed by atoms with Gasteiger partial charge in [-0.25, -0.2) is 0 Å². The zero-order valence-corrected chi connectivity index (χ0v) is 8.97. The van der Waals surface area contributed by atoms with Crippen molar-refractivity contribution in [2.24, 2.45) is 5.92 Å². The van der Waals surface area contributed by atoms with Crippen molar-refractivity contribution >= 4 is 0 Å². The van der Waals surface area contributed by atoms with Crippen molar-refractivity contribution in [1.29, 1.82) is 0 Å². The summed E-state index contributed by atoms with van der Waals surface area (Å²) < 4.78 is 5.45. The Balaban J connectivity index is 3.13. The first-order valence-electron chi connectivity index (χ1n) is 5.14. The molecule has 1 radical (unpaired) electrons. The van der Waals surface area contributed by atoms with Gasteiger partial charge in [-0.05, 0) is 25.7 Å². The Bertz CT molecular complexity index is 89.0. The van der Waals surface area contributed by atoms with Crippen molar-refractivity contribution in [3.05, 3.63) is 6.61 Å². The van der Waals surface area contributed by atoms with Crippen LogP contribution in [0.4, 0.5) is 0 Å². The molecule has 0 N–H and O–H groups in total. The highest BCUT2D eigenvalue weighted by Gasteiger charge is 2.02. The molecular weight excluding hydrogens is 148 g/mol. The topological polar surface area (TPSA) is 9.23 Å². The van der Waals surface area contributed by atoms with Crippen molar-refractivity contribution in [1.82, 2.24) is 0 Å². The molecule has 1 nitrogen and oxygen atoms in total. The normalized spacial score (nSPS) is 13.8. The number of hydrogen-bond donors (Lipinski definition) is 0. The molecule has 0 aromatic carbocycles. The highest BCUT2D eigenvalue weighted by molar-refractivity contribution is 4.56. The van der Waals surface area contributed by atoms with Crippen molar-refractivity contribution in [3.8, 4) is 0 Å². The quantitative estimate of drug-likeness (QED) is 0.566. The van der Waals surface area contributed by atoms with E-state index in [1.165, 1.54) is 19.3 Å². The van der Waals surface area contributed by atoms with Crippen LogP contribution in [0.3, 0.4) is 0 Å². The van der Waals surface area contributed by atoms with E-state index in [-0.39, 0.29) is 0 Å². The van der Waals surface area contributed by atoms with Crippen molar-refractivity contribution in [2.45, 2.75) is 59.5 Å². The van der Waals surface area contributed by atoms with E-state index in [9.17, 15) is 0 Å². The molecule has 12 heavy (non-hydrogen) atoms. The van der Waals surface area contributed by atoms with Crippen LogP contribution in [0, 0.1) is 12.5 Å². The maximum absolute atomic E-state index is 5.45. The summed E-state index contributed by atoms with van der Waals surface area (Å²) in [5, 5.41) is 0. The van der Waals surface area contributed by atoms with Gasteiger partial charge in [0.15, 0.2) is 0 Å². The fourth-order valence-corrected chi connectivity index (χ4v) is 1.14. The second-order valence-electron chi connectivity index (χ2n) is 3.85. The van der Waals surface area contributed by atoms with Crippen molar-refractivity contribution < 1.29 is 4.74 Å². The SMILES string of the molecule is CC[CH]OC(C)CCCC(C)C. The molecule has 0 heterocycles. The summed E-state index contributed by atoms with van der Waals surface area (Å²) in [5.41, 5.74) is 0. The molecule has 0 aliphatic carbocycles. The summed E-state index contributed by atoms with van der Waals surface area (Å²) in [7, 11) is 0. The Labute approximate surface area is 77.5 Å². The molecule has 0 spiro atoms. The maximum atomic E-state index is 5.45. The number of hydrogen-bond acceptors (Lipinski definition) is 1. The van der Waals surface area contributed by atoms with Crippen LogP contribution >= 0.6 is 0 Å². The third-order valence-electron chi connectivity index (χ3n) is 1.89. The maximum Gasteiger partial charge on any atom is 0.0837 e. The van der Waals surface area contributed by atoms with Gasteiger partial charge in [0.2, 0.25) is 0 Å². The lowest BCUT2D eigenvalue weighted by molar-refractivity contribution is 0.106. The minimum absolute atomic E-state index is 0.406. The minimum atomic E-state index is 0.406. The molecule has 0 aromatic rings. The fraction of sp³-hybridized carbons (Fsp3) is 0.909. The van der Waals surface area contributed by atoms with Crippen LogP contribution in [-0.2, 0) is 4.74 Å². The molecular formula is C11H23O. The first-order valence-corrected chi connectivity index (χ1v) is 5.14. The van der Waals surface area contributed by atoms with Gasteiger partial charge >= 0.3 is 0 Å². The highest BCUT2D eigenvalue weighted by atomic mass is 16.5. The smallest absolute Gasteiger partial charge is 0.0837 e. The van der Waals surface area contributed by atoms with E-state index >= 15 is 0 Å². The Morgan fingerprint density at radius 3 is 2.33 bits per heavy atom. The van der Waals surface area contributed by atoms with Crippen LogP contribution in [0.25, 0.3) is 0 Å². The van der Waals surface area contributed by atoms with Crippen LogP contribution in [0.5, 0.6) is 0 Å². The van der Waals surface area contributed by atoms with Gasteiger partial charge in [0, 0.05) is 0 Å². The molecule has 0 aromatic heterocycles. The predicted octanol–water partition coefficient (Wildman–Crippen LogP) is 3.79. The fourth-order valence-electron chi connectivity index (χ4n) is 1.14.